The predicted octanol–water partition coefficient (Wildman–Crippen LogP) is 4.75. The first-order valence-electron chi connectivity index (χ1n) is 11.4. The number of allylic oxidation sites excluding steroid dienone is 1. The number of pyridine rings is 1. The van der Waals surface area contributed by atoms with Gasteiger partial charge in [0.05, 0.1) is 18.2 Å². The number of rotatable bonds is 6. The Kier molecular flexibility index (Phi) is 6.86. The van der Waals surface area contributed by atoms with Crippen LogP contribution in [0.15, 0.2) is 75.4 Å². The summed E-state index contributed by atoms with van der Waals surface area (Å²) in [7, 11) is 1.50. The van der Waals surface area contributed by atoms with E-state index in [1.165, 1.54) is 43.6 Å². The van der Waals surface area contributed by atoms with Crippen LogP contribution >= 0.6 is 11.6 Å². The number of fused-ring (bicyclic) bond motifs is 1. The van der Waals surface area contributed by atoms with Crippen LogP contribution < -0.4 is 20.7 Å². The summed E-state index contributed by atoms with van der Waals surface area (Å²) in [5.41, 5.74) is 1.76. The number of carbonyl (C=O) groups is 2. The van der Waals surface area contributed by atoms with Crippen LogP contribution in [0.5, 0.6) is 5.75 Å². The Bertz CT molecular complexity index is 1680. The molecule has 0 fully saturated rings. The minimum atomic E-state index is -1.16. The van der Waals surface area contributed by atoms with Crippen molar-refractivity contribution in [2.75, 3.05) is 17.7 Å². The molecule has 2 aromatic carbocycles. The maximum absolute atomic E-state index is 13.6. The number of oxazole rings is 1. The van der Waals surface area contributed by atoms with Gasteiger partial charge in [0.2, 0.25) is 5.96 Å². The monoisotopic (exact) mass is 550 g/mol. The SMILES string of the molecule is COc1ccc([C@H]2N=C(Nc3nc4ccc(F)cc4o3)NC(C)=C2C(=O)Nc2cc(C(=O)O)ccn2)c(Cl)c1. The fourth-order valence-electron chi connectivity index (χ4n) is 3.98. The van der Waals surface area contributed by atoms with Crippen LogP contribution in [0, 0.1) is 5.82 Å². The second-order valence-corrected chi connectivity index (χ2v) is 8.78. The van der Waals surface area contributed by atoms with Crippen LogP contribution in [-0.2, 0) is 4.79 Å². The molecule has 0 unspecified atom stereocenters. The molecule has 0 radical (unpaired) electrons. The molecule has 0 saturated heterocycles. The highest BCUT2D eigenvalue weighted by Crippen LogP contribution is 2.37. The highest BCUT2D eigenvalue weighted by molar-refractivity contribution is 6.31. The van der Waals surface area contributed by atoms with Gasteiger partial charge in [-0.15, -0.1) is 0 Å². The summed E-state index contributed by atoms with van der Waals surface area (Å²) in [6, 6.07) is 10.6. The molecular formula is C26H20ClFN6O5. The lowest BCUT2D eigenvalue weighted by Gasteiger charge is -2.27. The van der Waals surface area contributed by atoms with Gasteiger partial charge in [-0.1, -0.05) is 17.7 Å². The number of ether oxygens (including phenoxy) is 1. The topological polar surface area (TPSA) is 151 Å². The van der Waals surface area contributed by atoms with E-state index in [1.54, 1.807) is 25.1 Å². The lowest BCUT2D eigenvalue weighted by molar-refractivity contribution is -0.113. The third-order valence-corrected chi connectivity index (χ3v) is 6.14. The summed E-state index contributed by atoms with van der Waals surface area (Å²) in [5.74, 6) is -1.45. The molecule has 4 aromatic rings. The van der Waals surface area contributed by atoms with Gasteiger partial charge in [0.25, 0.3) is 5.91 Å². The van der Waals surface area contributed by atoms with Gasteiger partial charge in [-0.3, -0.25) is 10.1 Å². The normalized spacial score (nSPS) is 15.0. The zero-order valence-electron chi connectivity index (χ0n) is 20.5. The van der Waals surface area contributed by atoms with Gasteiger partial charge in [0.1, 0.15) is 28.9 Å². The van der Waals surface area contributed by atoms with Gasteiger partial charge >= 0.3 is 12.0 Å². The van der Waals surface area contributed by atoms with Crippen molar-refractivity contribution in [3.63, 3.8) is 0 Å². The molecule has 198 valence electrons. The summed E-state index contributed by atoms with van der Waals surface area (Å²) >= 11 is 6.56. The summed E-state index contributed by atoms with van der Waals surface area (Å²) in [4.78, 5) is 37.8. The Morgan fingerprint density at radius 3 is 2.74 bits per heavy atom. The van der Waals surface area contributed by atoms with Crippen molar-refractivity contribution in [1.82, 2.24) is 15.3 Å². The summed E-state index contributed by atoms with van der Waals surface area (Å²) < 4.78 is 24.4. The molecular weight excluding hydrogens is 531 g/mol. The van der Waals surface area contributed by atoms with Crippen molar-refractivity contribution in [3.8, 4) is 5.75 Å². The largest absolute Gasteiger partial charge is 0.497 e. The Morgan fingerprint density at radius 2 is 2.00 bits per heavy atom. The van der Waals surface area contributed by atoms with Gasteiger partial charge in [0.15, 0.2) is 5.58 Å². The summed E-state index contributed by atoms with van der Waals surface area (Å²) in [6.45, 7) is 1.66. The van der Waals surface area contributed by atoms with Crippen molar-refractivity contribution in [2.45, 2.75) is 13.0 Å². The van der Waals surface area contributed by atoms with Crippen molar-refractivity contribution in [2.24, 2.45) is 4.99 Å². The molecule has 1 aliphatic heterocycles. The van der Waals surface area contributed by atoms with Crippen molar-refractivity contribution in [3.05, 3.63) is 88.0 Å². The lowest BCUT2D eigenvalue weighted by Crippen LogP contribution is -2.37. The number of hydrogen-bond acceptors (Lipinski definition) is 9. The fraction of sp³-hybridized carbons (Fsp3) is 0.115. The number of anilines is 2. The highest BCUT2D eigenvalue weighted by Gasteiger charge is 2.31. The zero-order valence-corrected chi connectivity index (χ0v) is 21.2. The molecule has 39 heavy (non-hydrogen) atoms. The Hall–Kier alpha value is -4.97. The first kappa shape index (κ1) is 25.7. The second-order valence-electron chi connectivity index (χ2n) is 8.38. The van der Waals surface area contributed by atoms with Crippen molar-refractivity contribution < 1.29 is 28.2 Å². The number of halogens is 2. The van der Waals surface area contributed by atoms with Crippen LogP contribution in [0.25, 0.3) is 11.1 Å². The zero-order chi connectivity index (χ0) is 27.7. The quantitative estimate of drug-likeness (QED) is 0.266. The number of hydrogen-bond donors (Lipinski definition) is 4. The smallest absolute Gasteiger partial charge is 0.335 e. The number of aromatic nitrogens is 2. The number of aliphatic imine (C=N–C) groups is 1. The number of carboxylic acids is 1. The van der Waals surface area contributed by atoms with Crippen molar-refractivity contribution in [1.29, 1.82) is 0 Å². The van der Waals surface area contributed by atoms with E-state index >= 15 is 0 Å². The minimum Gasteiger partial charge on any atom is -0.497 e. The van der Waals surface area contributed by atoms with Crippen LogP contribution in [-0.4, -0.2) is 40.0 Å². The maximum atomic E-state index is 13.6. The molecule has 0 saturated carbocycles. The summed E-state index contributed by atoms with van der Waals surface area (Å²) in [6.07, 6.45) is 1.28. The molecule has 3 heterocycles. The average Bonchev–Trinajstić information content (AvgIpc) is 3.29. The number of carboxylic acid groups (broad SMARTS) is 1. The van der Waals surface area contributed by atoms with Crippen LogP contribution in [0.2, 0.25) is 5.02 Å². The number of nitrogens with one attached hydrogen (secondary N) is 3. The molecule has 0 spiro atoms. The number of nitrogens with zero attached hydrogens (tertiary/aromatic N) is 3. The van der Waals surface area contributed by atoms with Gasteiger partial charge in [-0.2, -0.15) is 4.98 Å². The van der Waals surface area contributed by atoms with E-state index in [-0.39, 0.29) is 34.5 Å². The van der Waals surface area contributed by atoms with Crippen LogP contribution in [0.4, 0.5) is 16.2 Å². The number of guanidine groups is 1. The first-order chi connectivity index (χ1) is 18.7. The van der Waals surface area contributed by atoms with Gasteiger partial charge in [0, 0.05) is 28.5 Å². The van der Waals surface area contributed by atoms with Crippen molar-refractivity contribution >= 4 is 52.4 Å². The van der Waals surface area contributed by atoms with E-state index < -0.39 is 23.7 Å². The third kappa shape index (κ3) is 5.36. The molecule has 1 amide bonds. The average molecular weight is 551 g/mol. The number of benzene rings is 2. The molecule has 0 aliphatic carbocycles. The molecule has 11 nitrogen and oxygen atoms in total. The van der Waals surface area contributed by atoms with E-state index in [0.29, 0.717) is 27.5 Å². The number of aromatic carboxylic acids is 1. The molecule has 13 heteroatoms. The minimum absolute atomic E-state index is 0.0368. The van der Waals surface area contributed by atoms with E-state index in [1.807, 2.05) is 0 Å². The van der Waals surface area contributed by atoms with Crippen LogP contribution in [0.1, 0.15) is 28.9 Å². The van der Waals surface area contributed by atoms with E-state index in [9.17, 15) is 19.1 Å². The molecule has 4 N–H and O–H groups in total. The maximum Gasteiger partial charge on any atom is 0.335 e. The van der Waals surface area contributed by atoms with E-state index in [4.69, 9.17) is 20.8 Å². The number of methoxy groups -OCH3 is 1. The highest BCUT2D eigenvalue weighted by atomic mass is 35.5. The number of carbonyl (C=O) groups excluding carboxylic acids is 1. The van der Waals surface area contributed by atoms with Gasteiger partial charge in [-0.25, -0.2) is 19.2 Å². The van der Waals surface area contributed by atoms with E-state index in [0.717, 1.165) is 0 Å². The van der Waals surface area contributed by atoms with Crippen LogP contribution in [0.3, 0.4) is 0 Å². The first-order valence-corrected chi connectivity index (χ1v) is 11.8. The second kappa shape index (κ2) is 10.4. The molecule has 1 aliphatic rings. The lowest BCUT2D eigenvalue weighted by atomic mass is 9.95. The molecule has 0 bridgehead atoms. The van der Waals surface area contributed by atoms with E-state index in [2.05, 4.69) is 30.9 Å². The Labute approximate surface area is 225 Å². The molecule has 5 rings (SSSR count). The predicted molar refractivity (Wildman–Crippen MR) is 141 cm³/mol. The Balaban J connectivity index is 1.50. The molecule has 2 aromatic heterocycles. The third-order valence-electron chi connectivity index (χ3n) is 5.81. The fourth-order valence-corrected chi connectivity index (χ4v) is 4.26. The van der Waals surface area contributed by atoms with Gasteiger partial charge < -0.3 is 24.9 Å². The number of amides is 1. The standard InChI is InChI=1S/C26H20ClFN6O5/c1-12-21(23(35)32-20-9-13(24(36)37)7-8-29-20)22(16-5-4-15(38-2)11-17(16)27)33-25(30-12)34-26-31-18-6-3-14(28)10-19(18)39-26/h3-11,22H,1-2H3,(H,36,37)(H,29,32,35)(H2,30,31,33,34)/t22-/m1/s1. The van der Waals surface area contributed by atoms with Gasteiger partial charge in [-0.05, 0) is 43.3 Å². The molecule has 1 atom stereocenters. The summed E-state index contributed by atoms with van der Waals surface area (Å²) in [5, 5.41) is 18.1. The Morgan fingerprint density at radius 1 is 1.18 bits per heavy atom.